The zero-order chi connectivity index (χ0) is 22.0. The van der Waals surface area contributed by atoms with E-state index in [2.05, 4.69) is 9.88 Å². The topological polar surface area (TPSA) is 66.0 Å². The molecule has 0 radical (unpaired) electrons. The van der Waals surface area contributed by atoms with Gasteiger partial charge in [0.15, 0.2) is 0 Å². The van der Waals surface area contributed by atoms with Crippen molar-refractivity contribution in [2.24, 2.45) is 5.92 Å². The van der Waals surface area contributed by atoms with Gasteiger partial charge in [-0.1, -0.05) is 38.1 Å². The van der Waals surface area contributed by atoms with Crippen molar-refractivity contribution in [3.8, 4) is 5.75 Å². The number of para-hydroxylation sites is 1. The smallest absolute Gasteiger partial charge is 0.277 e. The van der Waals surface area contributed by atoms with Crippen molar-refractivity contribution in [3.63, 3.8) is 0 Å². The number of ether oxygens (including phenoxy) is 1. The van der Waals surface area contributed by atoms with E-state index in [0.717, 1.165) is 18.9 Å². The summed E-state index contributed by atoms with van der Waals surface area (Å²) in [4.78, 5) is 36.9. The van der Waals surface area contributed by atoms with Crippen LogP contribution < -0.4 is 9.64 Å². The first-order valence-electron chi connectivity index (χ1n) is 10.7. The predicted molar refractivity (Wildman–Crippen MR) is 119 cm³/mol. The summed E-state index contributed by atoms with van der Waals surface area (Å²) in [5.41, 5.74) is 1.59. The first kappa shape index (κ1) is 20.9. The Labute approximate surface area is 182 Å². The van der Waals surface area contributed by atoms with Crippen molar-refractivity contribution in [2.45, 2.75) is 13.8 Å². The lowest BCUT2D eigenvalue weighted by Gasteiger charge is -2.37. The molecule has 31 heavy (non-hydrogen) atoms. The van der Waals surface area contributed by atoms with Crippen LogP contribution in [0.2, 0.25) is 0 Å². The van der Waals surface area contributed by atoms with Crippen molar-refractivity contribution in [1.29, 1.82) is 0 Å². The molecule has 0 atom stereocenters. The molecule has 2 amide bonds. The summed E-state index contributed by atoms with van der Waals surface area (Å²) in [5.74, 6) is 1.24. The number of methoxy groups -OCH3 is 1. The third-order valence-corrected chi connectivity index (χ3v) is 5.64. The highest BCUT2D eigenvalue weighted by Gasteiger charge is 2.43. The fraction of sp³-hybridized carbons (Fsp3) is 0.375. The van der Waals surface area contributed by atoms with Gasteiger partial charge in [-0.05, 0) is 24.1 Å². The quantitative estimate of drug-likeness (QED) is 0.670. The molecule has 2 aliphatic heterocycles. The summed E-state index contributed by atoms with van der Waals surface area (Å²) in [6.07, 6.45) is 1.78. The number of benzene rings is 1. The maximum absolute atomic E-state index is 13.4. The van der Waals surface area contributed by atoms with Crippen molar-refractivity contribution >= 4 is 23.2 Å². The Kier molecular flexibility index (Phi) is 5.93. The predicted octanol–water partition coefficient (Wildman–Crippen LogP) is 2.65. The Bertz CT molecular complexity index is 995. The zero-order valence-electron chi connectivity index (χ0n) is 18.2. The number of anilines is 1. The van der Waals surface area contributed by atoms with E-state index in [0.29, 0.717) is 42.2 Å². The number of amides is 2. The van der Waals surface area contributed by atoms with Gasteiger partial charge in [0.05, 0.1) is 12.7 Å². The monoisotopic (exact) mass is 420 g/mol. The largest absolute Gasteiger partial charge is 0.496 e. The lowest BCUT2D eigenvalue weighted by Crippen LogP contribution is -2.48. The summed E-state index contributed by atoms with van der Waals surface area (Å²) >= 11 is 0. The molecular weight excluding hydrogens is 392 g/mol. The zero-order valence-corrected chi connectivity index (χ0v) is 18.2. The van der Waals surface area contributed by atoms with Crippen molar-refractivity contribution in [3.05, 3.63) is 59.9 Å². The molecule has 1 fully saturated rings. The van der Waals surface area contributed by atoms with Crippen LogP contribution in [0.25, 0.3) is 5.57 Å². The number of piperazine rings is 1. The van der Waals surface area contributed by atoms with Crippen LogP contribution in [-0.2, 0) is 9.59 Å². The van der Waals surface area contributed by atoms with Gasteiger partial charge >= 0.3 is 0 Å². The summed E-state index contributed by atoms with van der Waals surface area (Å²) in [5, 5.41) is 0. The normalized spacial score (nSPS) is 17.2. The van der Waals surface area contributed by atoms with Crippen LogP contribution in [0, 0.1) is 5.92 Å². The number of hydrogen-bond donors (Lipinski definition) is 0. The second-order valence-electron chi connectivity index (χ2n) is 8.20. The van der Waals surface area contributed by atoms with E-state index in [-0.39, 0.29) is 17.7 Å². The highest BCUT2D eigenvalue weighted by Crippen LogP contribution is 2.36. The van der Waals surface area contributed by atoms with Gasteiger partial charge < -0.3 is 14.5 Å². The molecule has 2 aromatic rings. The fourth-order valence-electron chi connectivity index (χ4n) is 4.18. The molecule has 1 aromatic heterocycles. The number of carbonyl (C=O) groups excluding carboxylic acids is 2. The number of rotatable bonds is 6. The number of nitrogens with zero attached hydrogens (tertiary/aromatic N) is 4. The van der Waals surface area contributed by atoms with Gasteiger partial charge in [0.25, 0.3) is 11.8 Å². The molecule has 2 aliphatic rings. The maximum atomic E-state index is 13.4. The minimum absolute atomic E-state index is 0.187. The summed E-state index contributed by atoms with van der Waals surface area (Å²) in [6, 6.07) is 13.3. The lowest BCUT2D eigenvalue weighted by atomic mass is 10.0. The van der Waals surface area contributed by atoms with E-state index >= 15 is 0 Å². The number of carbonyl (C=O) groups is 2. The molecule has 0 saturated carbocycles. The number of hydrogen-bond acceptors (Lipinski definition) is 6. The van der Waals surface area contributed by atoms with Gasteiger partial charge in [0.1, 0.15) is 17.3 Å². The Morgan fingerprint density at radius 1 is 0.935 bits per heavy atom. The van der Waals surface area contributed by atoms with Crippen LogP contribution >= 0.6 is 0 Å². The van der Waals surface area contributed by atoms with Crippen LogP contribution in [0.5, 0.6) is 5.75 Å². The second kappa shape index (κ2) is 8.79. The fourth-order valence-corrected chi connectivity index (χ4v) is 4.18. The SMILES string of the molecule is COc1ccccc1C1=C(N2CCN(c3ccccn3)CC2)C(=O)N(CC(C)C)C1=O. The van der Waals surface area contributed by atoms with Crippen molar-refractivity contribution in [2.75, 3.05) is 44.7 Å². The lowest BCUT2D eigenvalue weighted by molar-refractivity contribution is -0.138. The average Bonchev–Trinajstić information content (AvgIpc) is 3.04. The third kappa shape index (κ3) is 4.00. The van der Waals surface area contributed by atoms with E-state index < -0.39 is 0 Å². The molecule has 7 heteroatoms. The minimum atomic E-state index is -0.245. The van der Waals surface area contributed by atoms with Gasteiger partial charge in [0.2, 0.25) is 0 Å². The molecule has 3 heterocycles. The molecule has 1 saturated heterocycles. The standard InChI is InChI=1S/C24H28N4O3/c1-17(2)16-28-23(29)21(18-8-4-5-9-19(18)31-3)22(24(28)30)27-14-12-26(13-15-27)20-10-6-7-11-25-20/h4-11,17H,12-16H2,1-3H3. The highest BCUT2D eigenvalue weighted by atomic mass is 16.5. The third-order valence-electron chi connectivity index (χ3n) is 5.64. The van der Waals surface area contributed by atoms with Crippen LogP contribution in [0.1, 0.15) is 19.4 Å². The molecule has 0 spiro atoms. The minimum Gasteiger partial charge on any atom is -0.496 e. The van der Waals surface area contributed by atoms with Crippen LogP contribution in [0.4, 0.5) is 5.82 Å². The van der Waals surface area contributed by atoms with E-state index in [1.165, 1.54) is 4.90 Å². The van der Waals surface area contributed by atoms with E-state index in [1.54, 1.807) is 13.3 Å². The van der Waals surface area contributed by atoms with Gasteiger partial charge in [-0.25, -0.2) is 4.98 Å². The number of pyridine rings is 1. The Morgan fingerprint density at radius 2 is 1.61 bits per heavy atom. The summed E-state index contributed by atoms with van der Waals surface area (Å²) in [6.45, 7) is 7.14. The van der Waals surface area contributed by atoms with Gasteiger partial charge in [-0.3, -0.25) is 14.5 Å². The highest BCUT2D eigenvalue weighted by molar-refractivity contribution is 6.36. The molecule has 4 rings (SSSR count). The van der Waals surface area contributed by atoms with Gasteiger partial charge in [-0.2, -0.15) is 0 Å². The Balaban J connectivity index is 1.68. The Morgan fingerprint density at radius 3 is 2.26 bits per heavy atom. The first-order chi connectivity index (χ1) is 15.0. The van der Waals surface area contributed by atoms with Crippen molar-refractivity contribution < 1.29 is 14.3 Å². The van der Waals surface area contributed by atoms with Gasteiger partial charge in [0, 0.05) is 44.5 Å². The molecule has 0 N–H and O–H groups in total. The van der Waals surface area contributed by atoms with Crippen LogP contribution in [-0.4, -0.2) is 66.4 Å². The van der Waals surface area contributed by atoms with Gasteiger partial charge in [-0.15, -0.1) is 0 Å². The number of aromatic nitrogens is 1. The van der Waals surface area contributed by atoms with E-state index in [9.17, 15) is 9.59 Å². The molecule has 0 bridgehead atoms. The first-order valence-corrected chi connectivity index (χ1v) is 10.7. The molecule has 7 nitrogen and oxygen atoms in total. The molecule has 0 aliphatic carbocycles. The van der Waals surface area contributed by atoms with Crippen LogP contribution in [0.15, 0.2) is 54.4 Å². The summed E-state index contributed by atoms with van der Waals surface area (Å²) in [7, 11) is 1.58. The maximum Gasteiger partial charge on any atom is 0.277 e. The van der Waals surface area contributed by atoms with Crippen LogP contribution in [0.3, 0.4) is 0 Å². The molecular formula is C24H28N4O3. The number of imide groups is 1. The molecule has 0 unspecified atom stereocenters. The van der Waals surface area contributed by atoms with Crippen molar-refractivity contribution in [1.82, 2.24) is 14.8 Å². The van der Waals surface area contributed by atoms with E-state index in [1.807, 2.05) is 61.2 Å². The average molecular weight is 421 g/mol. The van der Waals surface area contributed by atoms with E-state index in [4.69, 9.17) is 4.74 Å². The summed E-state index contributed by atoms with van der Waals surface area (Å²) < 4.78 is 5.52. The second-order valence-corrected chi connectivity index (χ2v) is 8.20. The molecule has 1 aromatic carbocycles. The Hall–Kier alpha value is -3.35. The molecule has 162 valence electrons.